The number of hydrogen-bond acceptors (Lipinski definition) is 4. The lowest BCUT2D eigenvalue weighted by Crippen LogP contribution is -2.50. The van der Waals surface area contributed by atoms with Gasteiger partial charge in [0.25, 0.3) is 0 Å². The highest BCUT2D eigenvalue weighted by Gasteiger charge is 2.30. The van der Waals surface area contributed by atoms with E-state index in [-0.39, 0.29) is 48.5 Å². The highest BCUT2D eigenvalue weighted by molar-refractivity contribution is 7.92. The van der Waals surface area contributed by atoms with E-state index in [9.17, 15) is 18.0 Å². The fourth-order valence-corrected chi connectivity index (χ4v) is 5.90. The number of amides is 2. The van der Waals surface area contributed by atoms with Gasteiger partial charge in [0.2, 0.25) is 21.8 Å². The largest absolute Gasteiger partial charge is 0.354 e. The molecule has 0 spiro atoms. The fourth-order valence-electron chi connectivity index (χ4n) is 4.37. The maximum atomic E-state index is 13.8. The zero-order chi connectivity index (χ0) is 30.0. The van der Waals surface area contributed by atoms with E-state index in [0.29, 0.717) is 23.0 Å². The van der Waals surface area contributed by atoms with Gasteiger partial charge in [-0.25, -0.2) is 8.42 Å². The van der Waals surface area contributed by atoms with Crippen LogP contribution in [0.5, 0.6) is 0 Å². The van der Waals surface area contributed by atoms with E-state index in [1.807, 2.05) is 49.4 Å². The summed E-state index contributed by atoms with van der Waals surface area (Å²) in [4.78, 5) is 28.8. The molecule has 0 aromatic heterocycles. The third-order valence-electron chi connectivity index (χ3n) is 6.42. The van der Waals surface area contributed by atoms with Gasteiger partial charge in [-0.05, 0) is 54.3 Å². The zero-order valence-electron chi connectivity index (χ0n) is 23.0. The van der Waals surface area contributed by atoms with Crippen LogP contribution in [0, 0.1) is 0 Å². The molecule has 0 unspecified atom stereocenters. The number of nitrogens with zero attached hydrogens (tertiary/aromatic N) is 2. The van der Waals surface area contributed by atoms with Gasteiger partial charge in [-0.3, -0.25) is 13.9 Å². The van der Waals surface area contributed by atoms with Crippen LogP contribution in [0.25, 0.3) is 0 Å². The molecule has 0 heterocycles. The lowest BCUT2D eigenvalue weighted by atomic mass is 10.0. The number of sulfonamides is 1. The van der Waals surface area contributed by atoms with Crippen LogP contribution in [0.3, 0.4) is 0 Å². The second kappa shape index (κ2) is 15.4. The van der Waals surface area contributed by atoms with Gasteiger partial charge in [0, 0.05) is 42.5 Å². The molecular formula is C30H34Cl3N3O4S. The van der Waals surface area contributed by atoms with Crippen LogP contribution < -0.4 is 9.62 Å². The summed E-state index contributed by atoms with van der Waals surface area (Å²) in [5.74, 6) is -0.528. The third-order valence-corrected chi connectivity index (χ3v) is 8.40. The van der Waals surface area contributed by atoms with Gasteiger partial charge < -0.3 is 10.2 Å². The van der Waals surface area contributed by atoms with Crippen molar-refractivity contribution in [2.75, 3.05) is 23.7 Å². The van der Waals surface area contributed by atoms with Crippen LogP contribution >= 0.6 is 34.8 Å². The smallest absolute Gasteiger partial charge is 0.243 e. The summed E-state index contributed by atoms with van der Waals surface area (Å²) in [7, 11) is -3.72. The lowest BCUT2D eigenvalue weighted by molar-refractivity contribution is -0.141. The molecule has 3 aromatic carbocycles. The number of halogens is 3. The molecule has 0 aliphatic rings. The van der Waals surface area contributed by atoms with Crippen LogP contribution in [0.15, 0.2) is 72.8 Å². The Hall–Kier alpha value is -2.78. The third kappa shape index (κ3) is 9.92. The van der Waals surface area contributed by atoms with E-state index in [0.717, 1.165) is 28.1 Å². The minimum atomic E-state index is -3.72. The summed E-state index contributed by atoms with van der Waals surface area (Å²) >= 11 is 18.5. The number of rotatable bonds is 14. The first-order chi connectivity index (χ1) is 19.5. The van der Waals surface area contributed by atoms with Gasteiger partial charge in [-0.2, -0.15) is 0 Å². The average molecular weight is 639 g/mol. The maximum absolute atomic E-state index is 13.8. The van der Waals surface area contributed by atoms with Crippen molar-refractivity contribution < 1.29 is 18.0 Å². The normalized spacial score (nSPS) is 12.0. The number of carbonyl (C=O) groups is 2. The molecule has 7 nitrogen and oxygen atoms in total. The van der Waals surface area contributed by atoms with E-state index >= 15 is 0 Å². The molecule has 1 N–H and O–H groups in total. The first kappa shape index (κ1) is 32.7. The molecule has 0 saturated heterocycles. The number of nitrogens with one attached hydrogen (secondary N) is 1. The maximum Gasteiger partial charge on any atom is 0.243 e. The van der Waals surface area contributed by atoms with Gasteiger partial charge in [-0.1, -0.05) is 84.2 Å². The van der Waals surface area contributed by atoms with Gasteiger partial charge in [0.15, 0.2) is 0 Å². The number of anilines is 1. The quantitative estimate of drug-likeness (QED) is 0.223. The predicted molar refractivity (Wildman–Crippen MR) is 167 cm³/mol. The number of hydrogen-bond donors (Lipinski definition) is 1. The van der Waals surface area contributed by atoms with Gasteiger partial charge >= 0.3 is 0 Å². The van der Waals surface area contributed by atoms with Gasteiger partial charge in [-0.15, -0.1) is 0 Å². The summed E-state index contributed by atoms with van der Waals surface area (Å²) in [5, 5.41) is 4.07. The molecule has 220 valence electrons. The molecule has 0 fully saturated rings. The molecule has 3 rings (SSSR count). The standard InChI is InChI=1S/C30H34Cl3N3O4S/c1-3-17-34-30(38)28(19-22-8-5-4-6-9-22)35(21-23-11-13-24(31)14-12-23)29(37)10-7-18-36(41(2,39)40)27-20-25(32)15-16-26(27)33/h4-6,8-9,11-16,20,28H,3,7,10,17-19,21H2,1-2H3,(H,34,38)/t28-/m1/s1. The van der Waals surface area contributed by atoms with Crippen LogP contribution in [-0.4, -0.2) is 50.5 Å². The molecule has 2 amide bonds. The van der Waals surface area contributed by atoms with Gasteiger partial charge in [0.05, 0.1) is 17.0 Å². The molecule has 11 heteroatoms. The topological polar surface area (TPSA) is 86.8 Å². The fraction of sp³-hybridized carbons (Fsp3) is 0.333. The summed E-state index contributed by atoms with van der Waals surface area (Å²) in [6, 6.07) is 20.4. The van der Waals surface area contributed by atoms with Crippen molar-refractivity contribution in [1.82, 2.24) is 10.2 Å². The summed E-state index contributed by atoms with van der Waals surface area (Å²) in [5.41, 5.74) is 1.97. The van der Waals surface area contributed by atoms with E-state index < -0.39 is 16.1 Å². The summed E-state index contributed by atoms with van der Waals surface area (Å²) in [6.07, 6.45) is 2.35. The van der Waals surface area contributed by atoms with Gasteiger partial charge in [0.1, 0.15) is 6.04 Å². The van der Waals surface area contributed by atoms with E-state index in [1.54, 1.807) is 23.1 Å². The highest BCUT2D eigenvalue weighted by Crippen LogP contribution is 2.31. The Labute approximate surface area is 257 Å². The predicted octanol–water partition coefficient (Wildman–Crippen LogP) is 6.36. The molecule has 0 saturated carbocycles. The molecule has 3 aromatic rings. The first-order valence-corrected chi connectivity index (χ1v) is 16.3. The van der Waals surface area contributed by atoms with E-state index in [2.05, 4.69) is 5.32 Å². The zero-order valence-corrected chi connectivity index (χ0v) is 26.1. The lowest BCUT2D eigenvalue weighted by Gasteiger charge is -2.32. The minimum absolute atomic E-state index is 0.00411. The van der Waals surface area contributed by atoms with Crippen molar-refractivity contribution in [2.45, 2.75) is 45.2 Å². The Morgan fingerprint density at radius 1 is 0.902 bits per heavy atom. The van der Waals surface area contributed by atoms with Crippen molar-refractivity contribution >= 4 is 62.3 Å². The molecule has 0 aliphatic heterocycles. The molecule has 1 atom stereocenters. The molecule has 41 heavy (non-hydrogen) atoms. The van der Waals surface area contributed by atoms with Crippen molar-refractivity contribution in [3.05, 3.63) is 99.0 Å². The Bertz CT molecular complexity index is 1420. The molecule has 0 bridgehead atoms. The monoisotopic (exact) mass is 637 g/mol. The van der Waals surface area contributed by atoms with Crippen molar-refractivity contribution in [3.8, 4) is 0 Å². The highest BCUT2D eigenvalue weighted by atomic mass is 35.5. The Balaban J connectivity index is 1.88. The second-order valence-corrected chi connectivity index (χ2v) is 12.9. The number of benzene rings is 3. The van der Waals surface area contributed by atoms with Crippen LogP contribution in [0.4, 0.5) is 5.69 Å². The molecular weight excluding hydrogens is 605 g/mol. The van der Waals surface area contributed by atoms with Crippen LogP contribution in [0.2, 0.25) is 15.1 Å². The van der Waals surface area contributed by atoms with E-state index in [1.165, 1.54) is 12.1 Å². The SMILES string of the molecule is CCCNC(=O)[C@@H](Cc1ccccc1)N(Cc1ccc(Cl)cc1)C(=O)CCCN(c1cc(Cl)ccc1Cl)S(C)(=O)=O. The molecule has 0 aliphatic carbocycles. The van der Waals surface area contributed by atoms with Crippen molar-refractivity contribution in [3.63, 3.8) is 0 Å². The van der Waals surface area contributed by atoms with Crippen LogP contribution in [0.1, 0.15) is 37.3 Å². The van der Waals surface area contributed by atoms with Crippen LogP contribution in [-0.2, 0) is 32.6 Å². The Morgan fingerprint density at radius 2 is 1.56 bits per heavy atom. The summed E-state index contributed by atoms with van der Waals surface area (Å²) in [6.45, 7) is 2.63. The second-order valence-electron chi connectivity index (χ2n) is 9.68. The Kier molecular flexibility index (Phi) is 12.3. The minimum Gasteiger partial charge on any atom is -0.354 e. The van der Waals surface area contributed by atoms with Crippen molar-refractivity contribution in [1.29, 1.82) is 0 Å². The van der Waals surface area contributed by atoms with E-state index in [4.69, 9.17) is 34.8 Å². The summed E-state index contributed by atoms with van der Waals surface area (Å²) < 4.78 is 26.4. The van der Waals surface area contributed by atoms with Crippen molar-refractivity contribution in [2.24, 2.45) is 0 Å². The molecule has 0 radical (unpaired) electrons. The number of carbonyl (C=O) groups excluding carboxylic acids is 2. The average Bonchev–Trinajstić information content (AvgIpc) is 2.94. The Morgan fingerprint density at radius 3 is 2.20 bits per heavy atom. The first-order valence-electron chi connectivity index (χ1n) is 13.3.